The second kappa shape index (κ2) is 4.48. The zero-order valence-electron chi connectivity index (χ0n) is 11.1. The molecule has 0 saturated heterocycles. The highest BCUT2D eigenvalue weighted by Crippen LogP contribution is 2.48. The van der Waals surface area contributed by atoms with Crippen molar-refractivity contribution in [2.75, 3.05) is 0 Å². The zero-order valence-corrected chi connectivity index (χ0v) is 11.1. The van der Waals surface area contributed by atoms with Crippen molar-refractivity contribution in [3.8, 4) is 0 Å². The van der Waals surface area contributed by atoms with Gasteiger partial charge in [-0.2, -0.15) is 0 Å². The van der Waals surface area contributed by atoms with E-state index < -0.39 is 5.41 Å². The van der Waals surface area contributed by atoms with Crippen LogP contribution in [0, 0.1) is 11.3 Å². The highest BCUT2D eigenvalue weighted by molar-refractivity contribution is 6.07. The molecular formula is C16H18O3. The first kappa shape index (κ1) is 12.4. The molecule has 2 aliphatic carbocycles. The topological polar surface area (TPSA) is 47.3 Å². The number of ketones is 2. The Labute approximate surface area is 112 Å². The Hall–Kier alpha value is -1.64. The van der Waals surface area contributed by atoms with E-state index in [2.05, 4.69) is 0 Å². The third-order valence-electron chi connectivity index (χ3n) is 4.65. The van der Waals surface area contributed by atoms with E-state index in [1.807, 2.05) is 25.1 Å². The van der Waals surface area contributed by atoms with E-state index in [9.17, 15) is 9.59 Å². The molecule has 3 rings (SSSR count). The van der Waals surface area contributed by atoms with E-state index in [4.69, 9.17) is 4.42 Å². The Morgan fingerprint density at radius 3 is 2.95 bits per heavy atom. The van der Waals surface area contributed by atoms with Crippen molar-refractivity contribution in [2.45, 2.75) is 39.0 Å². The van der Waals surface area contributed by atoms with Gasteiger partial charge in [-0.05, 0) is 49.5 Å². The smallest absolute Gasteiger partial charge is 0.165 e. The Morgan fingerprint density at radius 1 is 1.37 bits per heavy atom. The van der Waals surface area contributed by atoms with Gasteiger partial charge in [-0.15, -0.1) is 0 Å². The first-order valence-electron chi connectivity index (χ1n) is 6.93. The van der Waals surface area contributed by atoms with Crippen molar-refractivity contribution in [1.82, 2.24) is 0 Å². The monoisotopic (exact) mass is 258 g/mol. The molecule has 1 aromatic heterocycles. The summed E-state index contributed by atoms with van der Waals surface area (Å²) in [5.74, 6) is 1.07. The first-order valence-corrected chi connectivity index (χ1v) is 6.93. The summed E-state index contributed by atoms with van der Waals surface area (Å²) in [4.78, 5) is 24.7. The van der Waals surface area contributed by atoms with Crippen molar-refractivity contribution in [1.29, 1.82) is 0 Å². The Morgan fingerprint density at radius 2 is 2.21 bits per heavy atom. The molecule has 0 aromatic carbocycles. The van der Waals surface area contributed by atoms with Crippen molar-refractivity contribution >= 4 is 17.6 Å². The fourth-order valence-electron chi connectivity index (χ4n) is 3.55. The first-order chi connectivity index (χ1) is 9.11. The number of furan rings is 1. The van der Waals surface area contributed by atoms with Gasteiger partial charge in [0.05, 0.1) is 6.26 Å². The Kier molecular flexibility index (Phi) is 2.92. The summed E-state index contributed by atoms with van der Waals surface area (Å²) < 4.78 is 5.28. The van der Waals surface area contributed by atoms with E-state index in [0.29, 0.717) is 18.6 Å². The fourth-order valence-corrected chi connectivity index (χ4v) is 3.55. The molecule has 0 spiro atoms. The second-order valence-electron chi connectivity index (χ2n) is 5.84. The highest BCUT2D eigenvalue weighted by atomic mass is 16.3. The summed E-state index contributed by atoms with van der Waals surface area (Å²) in [6, 6.07) is 3.66. The number of carbonyl (C=O) groups excluding carboxylic acids is 2. The van der Waals surface area contributed by atoms with Crippen LogP contribution in [0.3, 0.4) is 0 Å². The molecule has 2 saturated carbocycles. The van der Waals surface area contributed by atoms with Crippen molar-refractivity contribution in [3.63, 3.8) is 0 Å². The van der Waals surface area contributed by atoms with Gasteiger partial charge in [0.25, 0.3) is 0 Å². The van der Waals surface area contributed by atoms with Gasteiger partial charge in [0, 0.05) is 17.8 Å². The summed E-state index contributed by atoms with van der Waals surface area (Å²) in [5.41, 5.74) is 0.329. The average molecular weight is 258 g/mol. The number of Topliss-reactive ketones (excluding diaryl/α,β-unsaturated/α-hetero) is 2. The summed E-state index contributed by atoms with van der Waals surface area (Å²) in [6.07, 6.45) is 7.24. The zero-order chi connectivity index (χ0) is 13.5. The lowest BCUT2D eigenvalue weighted by atomic mass is 9.58. The maximum atomic E-state index is 12.7. The second-order valence-corrected chi connectivity index (χ2v) is 5.84. The predicted molar refractivity (Wildman–Crippen MR) is 71.4 cm³/mol. The van der Waals surface area contributed by atoms with Crippen molar-refractivity contribution in [3.05, 3.63) is 29.7 Å². The van der Waals surface area contributed by atoms with Gasteiger partial charge in [-0.25, -0.2) is 0 Å². The highest BCUT2D eigenvalue weighted by Gasteiger charge is 2.50. The minimum absolute atomic E-state index is 0.0671. The van der Waals surface area contributed by atoms with E-state index in [0.717, 1.165) is 24.8 Å². The molecule has 2 atom stereocenters. The average Bonchev–Trinajstić information content (AvgIpc) is 2.87. The standard InChI is InChI=1S/C16H18O3/c1-16-8-2-5-14(17)13(16)7-6-11(15(16)18)10-12-4-3-9-19-12/h3-4,9-10,13H,2,5-8H2,1H3/b11-10+/t13-,16-/m0/s1. The normalized spacial score (nSPS) is 33.5. The number of rotatable bonds is 1. The van der Waals surface area contributed by atoms with Crippen LogP contribution in [0.4, 0.5) is 0 Å². The summed E-state index contributed by atoms with van der Waals surface area (Å²) in [5, 5.41) is 0. The molecule has 2 aliphatic rings. The summed E-state index contributed by atoms with van der Waals surface area (Å²) >= 11 is 0. The SMILES string of the molecule is C[C@]12CCCC(=O)[C@@H]1CC/C(=C\c1ccco1)C2=O. The number of carbonyl (C=O) groups is 2. The maximum Gasteiger partial charge on any atom is 0.165 e. The van der Waals surface area contributed by atoms with Crippen molar-refractivity contribution in [2.24, 2.45) is 11.3 Å². The fraction of sp³-hybridized carbons (Fsp3) is 0.500. The lowest BCUT2D eigenvalue weighted by Gasteiger charge is -2.43. The van der Waals surface area contributed by atoms with E-state index in [1.165, 1.54) is 0 Å². The third-order valence-corrected chi connectivity index (χ3v) is 4.65. The van der Waals surface area contributed by atoms with Crippen LogP contribution in [0.25, 0.3) is 6.08 Å². The van der Waals surface area contributed by atoms with Gasteiger partial charge in [0.1, 0.15) is 11.5 Å². The molecule has 0 bridgehead atoms. The summed E-state index contributed by atoms with van der Waals surface area (Å²) in [6.45, 7) is 1.96. The van der Waals surface area contributed by atoms with E-state index in [1.54, 1.807) is 6.26 Å². The molecule has 100 valence electrons. The lowest BCUT2D eigenvalue weighted by Crippen LogP contribution is -2.46. The molecule has 0 radical (unpaired) electrons. The van der Waals surface area contributed by atoms with E-state index in [-0.39, 0.29) is 17.5 Å². The van der Waals surface area contributed by atoms with Crippen LogP contribution in [0.15, 0.2) is 28.4 Å². The van der Waals surface area contributed by atoms with Crippen LogP contribution in [0.5, 0.6) is 0 Å². The number of allylic oxidation sites excluding steroid dienone is 1. The molecule has 0 unspecified atom stereocenters. The molecule has 1 heterocycles. The van der Waals surface area contributed by atoms with Crippen LogP contribution < -0.4 is 0 Å². The van der Waals surface area contributed by atoms with Gasteiger partial charge in [-0.3, -0.25) is 9.59 Å². The maximum absolute atomic E-state index is 12.7. The molecule has 0 N–H and O–H groups in total. The lowest BCUT2D eigenvalue weighted by molar-refractivity contribution is -0.142. The van der Waals surface area contributed by atoms with Gasteiger partial charge in [-0.1, -0.05) is 6.92 Å². The number of hydrogen-bond acceptors (Lipinski definition) is 3. The van der Waals surface area contributed by atoms with Gasteiger partial charge >= 0.3 is 0 Å². The molecule has 3 heteroatoms. The van der Waals surface area contributed by atoms with Gasteiger partial charge < -0.3 is 4.42 Å². The number of fused-ring (bicyclic) bond motifs is 1. The largest absolute Gasteiger partial charge is 0.465 e. The van der Waals surface area contributed by atoms with Crippen molar-refractivity contribution < 1.29 is 14.0 Å². The third kappa shape index (κ3) is 1.97. The Balaban J connectivity index is 1.93. The molecule has 2 fully saturated rings. The quantitative estimate of drug-likeness (QED) is 0.725. The van der Waals surface area contributed by atoms with Crippen LogP contribution in [-0.4, -0.2) is 11.6 Å². The minimum atomic E-state index is -0.480. The molecule has 19 heavy (non-hydrogen) atoms. The predicted octanol–water partition coefficient (Wildman–Crippen LogP) is 3.40. The van der Waals surface area contributed by atoms with Gasteiger partial charge in [0.2, 0.25) is 0 Å². The summed E-state index contributed by atoms with van der Waals surface area (Å²) in [7, 11) is 0. The molecule has 1 aromatic rings. The van der Waals surface area contributed by atoms with Crippen LogP contribution >= 0.6 is 0 Å². The minimum Gasteiger partial charge on any atom is -0.465 e. The van der Waals surface area contributed by atoms with Crippen LogP contribution in [0.2, 0.25) is 0 Å². The number of hydrogen-bond donors (Lipinski definition) is 0. The molecule has 0 aliphatic heterocycles. The molecular weight excluding hydrogens is 240 g/mol. The van der Waals surface area contributed by atoms with Gasteiger partial charge in [0.15, 0.2) is 5.78 Å². The van der Waals surface area contributed by atoms with Crippen LogP contribution in [-0.2, 0) is 9.59 Å². The van der Waals surface area contributed by atoms with E-state index >= 15 is 0 Å². The molecule has 3 nitrogen and oxygen atoms in total. The van der Waals surface area contributed by atoms with Crippen LogP contribution in [0.1, 0.15) is 44.8 Å². The molecule has 0 amide bonds. The Bertz CT molecular complexity index is 538.